The molecule has 0 radical (unpaired) electrons. The molecule has 6 rings (SSSR count). The highest BCUT2D eigenvalue weighted by Gasteiger charge is 2.51. The molecule has 4 fully saturated rings. The van der Waals surface area contributed by atoms with Crippen molar-refractivity contribution in [2.45, 2.75) is 57.8 Å². The molecule has 164 valence electrons. The fourth-order valence-corrected chi connectivity index (χ4v) is 6.61. The van der Waals surface area contributed by atoms with Gasteiger partial charge in [-0.1, -0.05) is 11.6 Å². The van der Waals surface area contributed by atoms with E-state index < -0.39 is 0 Å². The van der Waals surface area contributed by atoms with Crippen molar-refractivity contribution >= 4 is 23.4 Å². The molecule has 4 aliphatic carbocycles. The summed E-state index contributed by atoms with van der Waals surface area (Å²) in [5.41, 5.74) is 6.23. The molecule has 2 amide bonds. The van der Waals surface area contributed by atoms with E-state index in [-0.39, 0.29) is 23.7 Å². The maximum Gasteiger partial charge on any atom is 0.238 e. The molecule has 2 aromatic rings. The van der Waals surface area contributed by atoms with Crippen LogP contribution in [0.3, 0.4) is 0 Å². The van der Waals surface area contributed by atoms with Gasteiger partial charge in [-0.05, 0) is 86.0 Å². The summed E-state index contributed by atoms with van der Waals surface area (Å²) in [6.45, 7) is 0. The first-order valence-electron chi connectivity index (χ1n) is 11.2. The Hall–Kier alpha value is -2.34. The average Bonchev–Trinajstić information content (AvgIpc) is 3.19. The first-order chi connectivity index (χ1) is 15.0. The van der Waals surface area contributed by atoms with Crippen LogP contribution in [0.15, 0.2) is 34.9 Å². The van der Waals surface area contributed by atoms with E-state index in [1.807, 2.05) is 12.1 Å². The predicted molar refractivity (Wildman–Crippen MR) is 117 cm³/mol. The number of amides is 2. The fourth-order valence-electron chi connectivity index (χ4n) is 6.49. The van der Waals surface area contributed by atoms with Crippen LogP contribution in [0, 0.1) is 23.2 Å². The third-order valence-corrected chi connectivity index (χ3v) is 7.54. The van der Waals surface area contributed by atoms with Crippen molar-refractivity contribution < 1.29 is 14.0 Å². The highest BCUT2D eigenvalue weighted by atomic mass is 35.5. The van der Waals surface area contributed by atoms with E-state index in [2.05, 4.69) is 15.8 Å². The summed E-state index contributed by atoms with van der Waals surface area (Å²) in [6.07, 6.45) is 10.4. The molecule has 2 N–H and O–H groups in total. The molecule has 1 aromatic carbocycles. The predicted octanol–water partition coefficient (Wildman–Crippen LogP) is 4.68. The lowest BCUT2D eigenvalue weighted by Crippen LogP contribution is -2.50. The number of nitrogens with one attached hydrogen (secondary N) is 2. The van der Waals surface area contributed by atoms with Gasteiger partial charge in [0.05, 0.1) is 6.20 Å². The van der Waals surface area contributed by atoms with Gasteiger partial charge < -0.3 is 4.42 Å². The highest BCUT2D eigenvalue weighted by molar-refractivity contribution is 6.30. The number of carbonyl (C=O) groups is 2. The summed E-state index contributed by atoms with van der Waals surface area (Å²) in [7, 11) is 0. The normalized spacial score (nSPS) is 28.5. The summed E-state index contributed by atoms with van der Waals surface area (Å²) in [5.74, 6) is 3.24. The first kappa shape index (κ1) is 20.6. The number of halogens is 1. The van der Waals surface area contributed by atoms with Gasteiger partial charge in [0.1, 0.15) is 0 Å². The first-order valence-corrected chi connectivity index (χ1v) is 11.6. The van der Waals surface area contributed by atoms with Gasteiger partial charge in [-0.3, -0.25) is 20.4 Å². The standard InChI is InChI=1S/C24H28ClN3O3/c25-19-3-1-18(2-4-19)20-14-26-23(31-20)6-5-21(29)27-28-22(30)13-24-10-15-7-16(11-24)9-17(8-15)12-24/h1-4,14-17H,5-13H2,(H,27,29)(H,28,30). The number of hydrogen-bond acceptors (Lipinski definition) is 4. The monoisotopic (exact) mass is 441 g/mol. The minimum atomic E-state index is -0.245. The highest BCUT2D eigenvalue weighted by Crippen LogP contribution is 2.61. The second-order valence-corrected chi connectivity index (χ2v) is 10.3. The van der Waals surface area contributed by atoms with Gasteiger partial charge in [0.25, 0.3) is 0 Å². The lowest BCUT2D eigenvalue weighted by Gasteiger charge is -2.56. The summed E-state index contributed by atoms with van der Waals surface area (Å²) in [5, 5.41) is 0.658. The van der Waals surface area contributed by atoms with Gasteiger partial charge in [0.15, 0.2) is 11.7 Å². The van der Waals surface area contributed by atoms with Crippen molar-refractivity contribution in [1.29, 1.82) is 0 Å². The third kappa shape index (κ3) is 4.64. The van der Waals surface area contributed by atoms with Crippen molar-refractivity contribution in [2.75, 3.05) is 0 Å². The molecule has 0 atom stereocenters. The maximum absolute atomic E-state index is 12.5. The number of aryl methyl sites for hydroxylation is 1. The molecule has 4 saturated carbocycles. The summed E-state index contributed by atoms with van der Waals surface area (Å²) >= 11 is 5.91. The SMILES string of the molecule is O=C(CCc1ncc(-c2ccc(Cl)cc2)o1)NNC(=O)CC12CC3CC(CC(C3)C1)C2. The van der Waals surface area contributed by atoms with Gasteiger partial charge in [0, 0.05) is 29.8 Å². The van der Waals surface area contributed by atoms with Crippen LogP contribution < -0.4 is 10.9 Å². The largest absolute Gasteiger partial charge is 0.441 e. The lowest BCUT2D eigenvalue weighted by atomic mass is 9.49. The minimum absolute atomic E-state index is 0.0727. The molecule has 0 aliphatic heterocycles. The van der Waals surface area contributed by atoms with E-state index in [4.69, 9.17) is 16.0 Å². The Bertz CT molecular complexity index is 933. The van der Waals surface area contributed by atoms with Crippen molar-refractivity contribution in [3.8, 4) is 11.3 Å². The molecule has 0 unspecified atom stereocenters. The van der Waals surface area contributed by atoms with Crippen LogP contribution in [0.4, 0.5) is 0 Å². The average molecular weight is 442 g/mol. The Morgan fingerprint density at radius 3 is 2.26 bits per heavy atom. The molecular formula is C24H28ClN3O3. The van der Waals surface area contributed by atoms with Gasteiger partial charge in [0.2, 0.25) is 11.8 Å². The van der Waals surface area contributed by atoms with Gasteiger partial charge in [-0.15, -0.1) is 0 Å². The molecule has 0 spiro atoms. The topological polar surface area (TPSA) is 84.2 Å². The van der Waals surface area contributed by atoms with E-state index >= 15 is 0 Å². The molecule has 4 aliphatic rings. The maximum atomic E-state index is 12.5. The van der Waals surface area contributed by atoms with Gasteiger partial charge in [-0.25, -0.2) is 4.98 Å². The van der Waals surface area contributed by atoms with E-state index in [0.717, 1.165) is 23.3 Å². The zero-order valence-electron chi connectivity index (χ0n) is 17.5. The number of hydrazine groups is 1. The summed E-state index contributed by atoms with van der Waals surface area (Å²) < 4.78 is 5.72. The smallest absolute Gasteiger partial charge is 0.238 e. The second kappa shape index (κ2) is 8.30. The van der Waals surface area contributed by atoms with Crippen molar-refractivity contribution in [3.05, 3.63) is 41.4 Å². The molecule has 4 bridgehead atoms. The van der Waals surface area contributed by atoms with Crippen molar-refractivity contribution in [1.82, 2.24) is 15.8 Å². The molecule has 31 heavy (non-hydrogen) atoms. The Balaban J connectivity index is 1.07. The van der Waals surface area contributed by atoms with Crippen LogP contribution in [-0.2, 0) is 16.0 Å². The van der Waals surface area contributed by atoms with Crippen LogP contribution in [-0.4, -0.2) is 16.8 Å². The van der Waals surface area contributed by atoms with E-state index in [0.29, 0.717) is 29.5 Å². The molecule has 1 heterocycles. The Kier molecular flexibility index (Phi) is 5.51. The zero-order chi connectivity index (χ0) is 21.4. The summed E-state index contributed by atoms with van der Waals surface area (Å²) in [4.78, 5) is 29.0. The number of benzene rings is 1. The van der Waals surface area contributed by atoms with E-state index in [9.17, 15) is 9.59 Å². The van der Waals surface area contributed by atoms with Crippen LogP contribution >= 0.6 is 11.6 Å². The number of hydrogen-bond donors (Lipinski definition) is 2. The number of carbonyl (C=O) groups excluding carboxylic acids is 2. The van der Waals surface area contributed by atoms with Gasteiger partial charge in [-0.2, -0.15) is 0 Å². The number of rotatable bonds is 6. The Morgan fingerprint density at radius 2 is 1.61 bits per heavy atom. The lowest BCUT2D eigenvalue weighted by molar-refractivity contribution is -0.134. The quantitative estimate of drug-likeness (QED) is 0.637. The molecule has 6 nitrogen and oxygen atoms in total. The van der Waals surface area contributed by atoms with Crippen molar-refractivity contribution in [3.63, 3.8) is 0 Å². The second-order valence-electron chi connectivity index (χ2n) is 9.82. The van der Waals surface area contributed by atoms with Crippen LogP contribution in [0.25, 0.3) is 11.3 Å². The number of oxazole rings is 1. The molecule has 7 heteroatoms. The minimum Gasteiger partial charge on any atom is -0.441 e. The number of aromatic nitrogens is 1. The van der Waals surface area contributed by atoms with E-state index in [1.54, 1.807) is 18.3 Å². The Morgan fingerprint density at radius 1 is 1.00 bits per heavy atom. The van der Waals surface area contributed by atoms with E-state index in [1.165, 1.54) is 38.5 Å². The van der Waals surface area contributed by atoms with Crippen LogP contribution in [0.5, 0.6) is 0 Å². The van der Waals surface area contributed by atoms with Crippen molar-refractivity contribution in [2.24, 2.45) is 23.2 Å². The number of nitrogens with zero attached hydrogens (tertiary/aromatic N) is 1. The Labute approximate surface area is 187 Å². The van der Waals surface area contributed by atoms with Gasteiger partial charge >= 0.3 is 0 Å². The molecular weight excluding hydrogens is 414 g/mol. The molecule has 0 saturated heterocycles. The fraction of sp³-hybridized carbons (Fsp3) is 0.542. The molecule has 1 aromatic heterocycles. The zero-order valence-corrected chi connectivity index (χ0v) is 18.3. The van der Waals surface area contributed by atoms with Crippen LogP contribution in [0.1, 0.15) is 57.3 Å². The third-order valence-electron chi connectivity index (χ3n) is 7.29. The van der Waals surface area contributed by atoms with Crippen LogP contribution in [0.2, 0.25) is 5.02 Å². The summed E-state index contributed by atoms with van der Waals surface area (Å²) in [6, 6.07) is 7.30.